The van der Waals surface area contributed by atoms with Gasteiger partial charge in [0.05, 0.1) is 0 Å². The quantitative estimate of drug-likeness (QED) is 0.842. The largest absolute Gasteiger partial charge is 0.317 e. The lowest BCUT2D eigenvalue weighted by Gasteiger charge is -2.57. The van der Waals surface area contributed by atoms with Gasteiger partial charge >= 0.3 is 0 Å². The molecule has 1 N–H and O–H groups in total. The summed E-state index contributed by atoms with van der Waals surface area (Å²) in [5.41, 5.74) is 0.708. The molecule has 0 aromatic carbocycles. The van der Waals surface area contributed by atoms with E-state index in [0.29, 0.717) is 11.5 Å². The Bertz CT molecular complexity index is 415. The Morgan fingerprint density at radius 1 is 1.20 bits per heavy atom. The number of likely N-dealkylation sites (N-methyl/N-ethyl adjacent to an activating group) is 1. The van der Waals surface area contributed by atoms with E-state index in [2.05, 4.69) is 29.9 Å². The molecule has 0 spiro atoms. The van der Waals surface area contributed by atoms with Crippen molar-refractivity contribution in [1.29, 1.82) is 0 Å². The van der Waals surface area contributed by atoms with E-state index in [4.69, 9.17) is 0 Å². The van der Waals surface area contributed by atoms with E-state index >= 15 is 0 Å². The summed E-state index contributed by atoms with van der Waals surface area (Å²) < 4.78 is 0. The van der Waals surface area contributed by atoms with Crippen LogP contribution in [0.5, 0.6) is 0 Å². The zero-order valence-corrected chi connectivity index (χ0v) is 13.4. The third-order valence-electron chi connectivity index (χ3n) is 6.28. The average molecular weight is 289 g/mol. The van der Waals surface area contributed by atoms with Crippen molar-refractivity contribution in [2.45, 2.75) is 57.4 Å². The first-order chi connectivity index (χ1) is 9.75. The van der Waals surface area contributed by atoms with Crippen molar-refractivity contribution in [2.24, 2.45) is 23.2 Å². The molecule has 4 bridgehead atoms. The molecule has 1 atom stereocenters. The van der Waals surface area contributed by atoms with Crippen molar-refractivity contribution < 1.29 is 0 Å². The van der Waals surface area contributed by atoms with Crippen LogP contribution in [0.3, 0.4) is 0 Å². The van der Waals surface area contributed by atoms with Crippen molar-refractivity contribution in [3.8, 4) is 0 Å². The maximum absolute atomic E-state index is 3.62. The minimum Gasteiger partial charge on any atom is -0.317 e. The van der Waals surface area contributed by atoms with Crippen LogP contribution in [0.4, 0.5) is 0 Å². The van der Waals surface area contributed by atoms with Crippen LogP contribution in [0.2, 0.25) is 0 Å². The van der Waals surface area contributed by atoms with E-state index in [-0.39, 0.29) is 0 Å². The summed E-state index contributed by atoms with van der Waals surface area (Å²) in [6, 6.07) is 5.18. The SMILES string of the molecule is CNC(Cc1cccs1)CC12CC3CC(CC(C3)C1)C2. The Morgan fingerprint density at radius 2 is 1.85 bits per heavy atom. The zero-order valence-electron chi connectivity index (χ0n) is 12.6. The molecule has 0 saturated heterocycles. The summed E-state index contributed by atoms with van der Waals surface area (Å²) in [7, 11) is 2.17. The summed E-state index contributed by atoms with van der Waals surface area (Å²) in [5.74, 6) is 3.25. The summed E-state index contributed by atoms with van der Waals surface area (Å²) in [5, 5.41) is 5.84. The maximum atomic E-state index is 3.62. The first-order valence-electron chi connectivity index (χ1n) is 8.44. The van der Waals surface area contributed by atoms with Crippen molar-refractivity contribution in [2.75, 3.05) is 7.05 Å². The van der Waals surface area contributed by atoms with Gasteiger partial charge in [0, 0.05) is 10.9 Å². The standard InChI is InChI=1S/C18H27NS/c1-19-16(8-17-3-2-4-20-17)12-18-9-13-5-14(10-18)7-15(6-13)11-18/h2-4,13-16,19H,5-12H2,1H3. The first kappa shape index (κ1) is 13.3. The highest BCUT2D eigenvalue weighted by atomic mass is 32.1. The molecular weight excluding hydrogens is 262 g/mol. The molecule has 1 aromatic heterocycles. The van der Waals surface area contributed by atoms with Crippen LogP contribution in [0.15, 0.2) is 17.5 Å². The van der Waals surface area contributed by atoms with Crippen LogP contribution < -0.4 is 5.32 Å². The molecule has 4 fully saturated rings. The van der Waals surface area contributed by atoms with Gasteiger partial charge in [0.2, 0.25) is 0 Å². The normalized spacial score (nSPS) is 40.1. The monoisotopic (exact) mass is 289 g/mol. The Morgan fingerprint density at radius 3 is 2.35 bits per heavy atom. The third kappa shape index (κ3) is 2.46. The van der Waals surface area contributed by atoms with Crippen LogP contribution >= 0.6 is 11.3 Å². The van der Waals surface area contributed by atoms with Crippen LogP contribution in [0.1, 0.15) is 49.8 Å². The zero-order chi connectivity index (χ0) is 13.6. The first-order valence-corrected chi connectivity index (χ1v) is 9.32. The van der Waals surface area contributed by atoms with Crippen molar-refractivity contribution in [3.63, 3.8) is 0 Å². The van der Waals surface area contributed by atoms with E-state index in [1.165, 1.54) is 12.8 Å². The average Bonchev–Trinajstić information content (AvgIpc) is 2.89. The number of nitrogens with one attached hydrogen (secondary N) is 1. The lowest BCUT2D eigenvalue weighted by Crippen LogP contribution is -2.48. The van der Waals surface area contributed by atoms with Gasteiger partial charge in [-0.1, -0.05) is 6.07 Å². The van der Waals surface area contributed by atoms with Gasteiger partial charge < -0.3 is 5.32 Å². The fourth-order valence-corrected chi connectivity index (χ4v) is 6.80. The molecule has 20 heavy (non-hydrogen) atoms. The van der Waals surface area contributed by atoms with E-state index < -0.39 is 0 Å². The summed E-state index contributed by atoms with van der Waals surface area (Å²) in [6.45, 7) is 0. The predicted octanol–water partition coefficient (Wildman–Crippen LogP) is 4.49. The molecule has 0 radical (unpaired) electrons. The molecule has 1 heterocycles. The van der Waals surface area contributed by atoms with E-state index in [1.807, 2.05) is 11.3 Å². The molecule has 4 saturated carbocycles. The maximum Gasteiger partial charge on any atom is 0.0118 e. The van der Waals surface area contributed by atoms with Gasteiger partial charge in [-0.3, -0.25) is 0 Å². The topological polar surface area (TPSA) is 12.0 Å². The van der Waals surface area contributed by atoms with E-state index in [1.54, 1.807) is 43.4 Å². The molecule has 110 valence electrons. The highest BCUT2D eigenvalue weighted by Gasteiger charge is 2.51. The molecule has 4 aliphatic carbocycles. The molecule has 2 heteroatoms. The molecule has 5 rings (SSSR count). The molecule has 1 aromatic rings. The predicted molar refractivity (Wildman–Crippen MR) is 86.1 cm³/mol. The summed E-state index contributed by atoms with van der Waals surface area (Å²) in [6.07, 6.45) is 12.0. The van der Waals surface area contributed by atoms with Gasteiger partial charge in [0.1, 0.15) is 0 Å². The van der Waals surface area contributed by atoms with Crippen molar-refractivity contribution in [3.05, 3.63) is 22.4 Å². The third-order valence-corrected chi connectivity index (χ3v) is 7.18. The van der Waals surface area contributed by atoms with Crippen LogP contribution in [-0.2, 0) is 6.42 Å². The summed E-state index contributed by atoms with van der Waals surface area (Å²) in [4.78, 5) is 1.55. The molecular formula is C18H27NS. The highest BCUT2D eigenvalue weighted by molar-refractivity contribution is 7.09. The van der Waals surface area contributed by atoms with Gasteiger partial charge in [-0.25, -0.2) is 0 Å². The van der Waals surface area contributed by atoms with Gasteiger partial charge in [-0.05, 0) is 93.0 Å². The van der Waals surface area contributed by atoms with E-state index in [0.717, 1.165) is 17.8 Å². The van der Waals surface area contributed by atoms with Crippen LogP contribution in [0, 0.1) is 23.2 Å². The minimum absolute atomic E-state index is 0.685. The second-order valence-corrected chi connectivity index (χ2v) is 8.92. The fourth-order valence-electron chi connectivity index (χ4n) is 6.01. The lowest BCUT2D eigenvalue weighted by molar-refractivity contribution is -0.0616. The highest BCUT2D eigenvalue weighted by Crippen LogP contribution is 2.61. The Kier molecular flexibility index (Phi) is 3.42. The minimum atomic E-state index is 0.685. The van der Waals surface area contributed by atoms with Crippen LogP contribution in [0.25, 0.3) is 0 Å². The van der Waals surface area contributed by atoms with E-state index in [9.17, 15) is 0 Å². The van der Waals surface area contributed by atoms with Crippen LogP contribution in [-0.4, -0.2) is 13.1 Å². The Labute approximate surface area is 127 Å². The summed E-state index contributed by atoms with van der Waals surface area (Å²) >= 11 is 1.92. The smallest absolute Gasteiger partial charge is 0.0118 e. The van der Waals surface area contributed by atoms with Gasteiger partial charge in [-0.15, -0.1) is 11.3 Å². The molecule has 1 unspecified atom stereocenters. The second-order valence-electron chi connectivity index (χ2n) is 7.89. The molecule has 0 aliphatic heterocycles. The molecule has 1 nitrogen and oxygen atoms in total. The fraction of sp³-hybridized carbons (Fsp3) is 0.778. The van der Waals surface area contributed by atoms with Crippen molar-refractivity contribution in [1.82, 2.24) is 5.32 Å². The Hall–Kier alpha value is -0.340. The Balaban J connectivity index is 1.46. The molecule has 0 amide bonds. The number of hydrogen-bond acceptors (Lipinski definition) is 2. The number of rotatable bonds is 5. The number of hydrogen-bond donors (Lipinski definition) is 1. The van der Waals surface area contributed by atoms with Crippen molar-refractivity contribution >= 4 is 11.3 Å². The van der Waals surface area contributed by atoms with Gasteiger partial charge in [0.15, 0.2) is 0 Å². The second kappa shape index (κ2) is 5.14. The number of thiophene rings is 1. The van der Waals surface area contributed by atoms with Gasteiger partial charge in [-0.2, -0.15) is 0 Å². The lowest BCUT2D eigenvalue weighted by atomic mass is 9.48. The molecule has 4 aliphatic rings. The van der Waals surface area contributed by atoms with Gasteiger partial charge in [0.25, 0.3) is 0 Å².